The third-order valence-corrected chi connectivity index (χ3v) is 5.60. The molecule has 0 saturated heterocycles. The summed E-state index contributed by atoms with van der Waals surface area (Å²) in [5.41, 5.74) is 5.85. The zero-order valence-electron chi connectivity index (χ0n) is 15.7. The second kappa shape index (κ2) is 6.85. The molecule has 4 heterocycles. The van der Waals surface area contributed by atoms with E-state index >= 15 is 0 Å². The number of fused-ring (bicyclic) bond motifs is 2. The highest BCUT2D eigenvalue weighted by atomic mass is 15.3. The number of aliphatic imine (C=N–C) groups is 1. The van der Waals surface area contributed by atoms with Crippen LogP contribution < -0.4 is 0 Å². The summed E-state index contributed by atoms with van der Waals surface area (Å²) >= 11 is 0. The van der Waals surface area contributed by atoms with Gasteiger partial charge in [0, 0.05) is 56.8 Å². The SMILES string of the molecule is Cn1nc(CN2CCc3nc(C4=NCCCC4)ncc3C2)c2ccccc21. The van der Waals surface area contributed by atoms with Gasteiger partial charge in [-0.15, -0.1) is 0 Å². The van der Waals surface area contributed by atoms with Crippen molar-refractivity contribution in [2.24, 2.45) is 12.0 Å². The molecule has 0 bridgehead atoms. The Bertz CT molecular complexity index is 1020. The van der Waals surface area contributed by atoms with Crippen LogP contribution in [0.3, 0.4) is 0 Å². The van der Waals surface area contributed by atoms with Crippen molar-refractivity contribution < 1.29 is 0 Å². The molecule has 2 aromatic heterocycles. The van der Waals surface area contributed by atoms with Crippen LogP contribution in [0.2, 0.25) is 0 Å². The van der Waals surface area contributed by atoms with Gasteiger partial charge in [0.2, 0.25) is 0 Å². The predicted octanol–water partition coefficient (Wildman–Crippen LogP) is 2.89. The Morgan fingerprint density at radius 1 is 1.11 bits per heavy atom. The molecule has 138 valence electrons. The molecular formula is C21H24N6. The van der Waals surface area contributed by atoms with Crippen molar-refractivity contribution in [3.8, 4) is 0 Å². The van der Waals surface area contributed by atoms with E-state index in [1.54, 1.807) is 0 Å². The lowest BCUT2D eigenvalue weighted by molar-refractivity contribution is 0.240. The Labute approximate surface area is 159 Å². The number of rotatable bonds is 3. The topological polar surface area (TPSA) is 59.2 Å². The van der Waals surface area contributed by atoms with Crippen LogP contribution >= 0.6 is 0 Å². The minimum absolute atomic E-state index is 0.845. The number of aryl methyl sites for hydroxylation is 1. The fraction of sp³-hybridized carbons (Fsp3) is 0.429. The van der Waals surface area contributed by atoms with E-state index in [0.717, 1.165) is 56.3 Å². The molecule has 2 aliphatic rings. The third-order valence-electron chi connectivity index (χ3n) is 5.60. The van der Waals surface area contributed by atoms with Crippen molar-refractivity contribution in [2.75, 3.05) is 13.1 Å². The maximum atomic E-state index is 4.84. The lowest BCUT2D eigenvalue weighted by Gasteiger charge is -2.27. The summed E-state index contributed by atoms with van der Waals surface area (Å²) < 4.78 is 1.98. The molecule has 0 aliphatic carbocycles. The molecular weight excluding hydrogens is 336 g/mol. The summed E-state index contributed by atoms with van der Waals surface area (Å²) in [4.78, 5) is 16.5. The van der Waals surface area contributed by atoms with Crippen molar-refractivity contribution in [1.82, 2.24) is 24.6 Å². The second-order valence-corrected chi connectivity index (χ2v) is 7.50. The normalized spacial score (nSPS) is 17.7. The molecule has 2 aliphatic heterocycles. The number of hydrogen-bond donors (Lipinski definition) is 0. The van der Waals surface area contributed by atoms with Gasteiger partial charge in [0.15, 0.2) is 5.82 Å². The van der Waals surface area contributed by atoms with E-state index in [1.165, 1.54) is 35.0 Å². The number of benzene rings is 1. The number of aromatic nitrogens is 4. The summed E-state index contributed by atoms with van der Waals surface area (Å²) in [6.07, 6.45) is 6.37. The van der Waals surface area contributed by atoms with Crippen LogP contribution in [0.25, 0.3) is 10.9 Å². The lowest BCUT2D eigenvalue weighted by atomic mass is 10.1. The van der Waals surface area contributed by atoms with Crippen molar-refractivity contribution in [3.63, 3.8) is 0 Å². The first kappa shape index (κ1) is 16.6. The van der Waals surface area contributed by atoms with Gasteiger partial charge in [-0.25, -0.2) is 9.97 Å². The summed E-state index contributed by atoms with van der Waals surface area (Å²) in [6.45, 7) is 3.66. The van der Waals surface area contributed by atoms with E-state index in [1.807, 2.05) is 17.9 Å². The van der Waals surface area contributed by atoms with Crippen LogP contribution in [0.1, 0.15) is 42.0 Å². The molecule has 6 nitrogen and oxygen atoms in total. The largest absolute Gasteiger partial charge is 0.293 e. The first-order valence-corrected chi connectivity index (χ1v) is 9.79. The van der Waals surface area contributed by atoms with Crippen molar-refractivity contribution in [2.45, 2.75) is 38.8 Å². The molecule has 0 fully saturated rings. The van der Waals surface area contributed by atoms with Gasteiger partial charge in [-0.1, -0.05) is 18.2 Å². The van der Waals surface area contributed by atoms with Gasteiger partial charge in [-0.3, -0.25) is 14.6 Å². The Morgan fingerprint density at radius 2 is 2.04 bits per heavy atom. The van der Waals surface area contributed by atoms with E-state index in [9.17, 15) is 0 Å². The molecule has 0 N–H and O–H groups in total. The highest BCUT2D eigenvalue weighted by molar-refractivity contribution is 5.97. The zero-order chi connectivity index (χ0) is 18.2. The highest BCUT2D eigenvalue weighted by Gasteiger charge is 2.21. The van der Waals surface area contributed by atoms with E-state index in [0.29, 0.717) is 0 Å². The molecule has 0 radical (unpaired) electrons. The van der Waals surface area contributed by atoms with E-state index in [4.69, 9.17) is 10.1 Å². The van der Waals surface area contributed by atoms with Gasteiger partial charge in [0.25, 0.3) is 0 Å². The molecule has 0 spiro atoms. The van der Waals surface area contributed by atoms with E-state index in [2.05, 4.69) is 39.1 Å². The van der Waals surface area contributed by atoms with Crippen LogP contribution in [0.5, 0.6) is 0 Å². The smallest absolute Gasteiger partial charge is 0.173 e. The fourth-order valence-electron chi connectivity index (χ4n) is 4.15. The quantitative estimate of drug-likeness (QED) is 0.721. The molecule has 27 heavy (non-hydrogen) atoms. The van der Waals surface area contributed by atoms with Crippen molar-refractivity contribution >= 4 is 16.6 Å². The lowest BCUT2D eigenvalue weighted by Crippen LogP contribution is -2.31. The monoisotopic (exact) mass is 360 g/mol. The molecule has 1 aromatic carbocycles. The Balaban J connectivity index is 1.36. The molecule has 5 rings (SSSR count). The van der Waals surface area contributed by atoms with Crippen LogP contribution in [-0.2, 0) is 26.6 Å². The minimum Gasteiger partial charge on any atom is -0.293 e. The summed E-state index contributed by atoms with van der Waals surface area (Å²) in [6, 6.07) is 8.44. The number of nitrogens with zero attached hydrogens (tertiary/aromatic N) is 6. The first-order valence-electron chi connectivity index (χ1n) is 9.79. The second-order valence-electron chi connectivity index (χ2n) is 7.50. The Morgan fingerprint density at radius 3 is 2.93 bits per heavy atom. The van der Waals surface area contributed by atoms with Crippen LogP contribution in [0.4, 0.5) is 0 Å². The fourth-order valence-corrected chi connectivity index (χ4v) is 4.15. The average molecular weight is 360 g/mol. The first-order chi connectivity index (χ1) is 13.3. The maximum absolute atomic E-state index is 4.84. The van der Waals surface area contributed by atoms with Crippen molar-refractivity contribution in [1.29, 1.82) is 0 Å². The van der Waals surface area contributed by atoms with Gasteiger partial charge in [0.05, 0.1) is 22.6 Å². The molecule has 0 saturated carbocycles. The molecule has 3 aromatic rings. The van der Waals surface area contributed by atoms with Gasteiger partial charge in [0.1, 0.15) is 0 Å². The molecule has 0 amide bonds. The van der Waals surface area contributed by atoms with Crippen molar-refractivity contribution in [3.05, 3.63) is 53.2 Å². The maximum Gasteiger partial charge on any atom is 0.173 e. The zero-order valence-corrected chi connectivity index (χ0v) is 15.7. The van der Waals surface area contributed by atoms with Gasteiger partial charge in [-0.2, -0.15) is 5.10 Å². The van der Waals surface area contributed by atoms with Crippen LogP contribution in [-0.4, -0.2) is 43.4 Å². The molecule has 6 heteroatoms. The highest BCUT2D eigenvalue weighted by Crippen LogP contribution is 2.23. The average Bonchev–Trinajstić information content (AvgIpc) is 3.04. The number of hydrogen-bond acceptors (Lipinski definition) is 5. The van der Waals surface area contributed by atoms with E-state index < -0.39 is 0 Å². The molecule has 0 unspecified atom stereocenters. The molecule has 0 atom stereocenters. The van der Waals surface area contributed by atoms with Crippen LogP contribution in [0, 0.1) is 0 Å². The van der Waals surface area contributed by atoms with Gasteiger partial charge >= 0.3 is 0 Å². The van der Waals surface area contributed by atoms with E-state index in [-0.39, 0.29) is 0 Å². The minimum atomic E-state index is 0.845. The van der Waals surface area contributed by atoms with Crippen LogP contribution in [0.15, 0.2) is 35.5 Å². The van der Waals surface area contributed by atoms with Gasteiger partial charge in [-0.05, 0) is 25.3 Å². The Hall–Kier alpha value is -2.60. The summed E-state index contributed by atoms with van der Waals surface area (Å²) in [5.74, 6) is 0.845. The standard InChI is InChI=1S/C21H24N6/c1-26-20-8-3-2-6-16(20)19(25-26)14-27-11-9-17-15(13-27)12-23-21(24-17)18-7-4-5-10-22-18/h2-3,6,8,12H,4-5,7,9-11,13-14H2,1H3. The Kier molecular flexibility index (Phi) is 4.20. The summed E-state index contributed by atoms with van der Waals surface area (Å²) in [7, 11) is 2.01. The predicted molar refractivity (Wildman–Crippen MR) is 106 cm³/mol. The third kappa shape index (κ3) is 3.14. The summed E-state index contributed by atoms with van der Waals surface area (Å²) in [5, 5.41) is 5.99. The number of para-hydroxylation sites is 1. The van der Waals surface area contributed by atoms with Gasteiger partial charge < -0.3 is 0 Å².